The van der Waals surface area contributed by atoms with E-state index in [1.54, 1.807) is 11.3 Å². The molecule has 1 aromatic rings. The molecular formula is C12H20ClN3S. The molecule has 1 aromatic heterocycles. The van der Waals surface area contributed by atoms with Crippen molar-refractivity contribution in [2.24, 2.45) is 0 Å². The summed E-state index contributed by atoms with van der Waals surface area (Å²) in [5, 5.41) is 3.16. The third kappa shape index (κ3) is 3.12. The molecule has 0 N–H and O–H groups in total. The molecule has 5 heteroatoms. The number of alkyl halides is 1. The maximum Gasteiger partial charge on any atom is 0.185 e. The summed E-state index contributed by atoms with van der Waals surface area (Å²) < 4.78 is 0. The second-order valence-electron chi connectivity index (χ2n) is 4.53. The van der Waals surface area contributed by atoms with Crippen LogP contribution in [0.4, 0.5) is 5.13 Å². The van der Waals surface area contributed by atoms with Crippen molar-refractivity contribution in [3.8, 4) is 0 Å². The first-order valence-electron chi connectivity index (χ1n) is 6.20. The summed E-state index contributed by atoms with van der Waals surface area (Å²) >= 11 is 7.49. The molecule has 0 spiro atoms. The van der Waals surface area contributed by atoms with E-state index in [1.165, 1.54) is 32.5 Å². The molecule has 1 aliphatic rings. The van der Waals surface area contributed by atoms with E-state index >= 15 is 0 Å². The molecular weight excluding hydrogens is 254 g/mol. The zero-order valence-electron chi connectivity index (χ0n) is 10.5. The monoisotopic (exact) mass is 273 g/mol. The average Bonchev–Trinajstić information content (AvgIpc) is 2.87. The van der Waals surface area contributed by atoms with Gasteiger partial charge in [-0.15, -0.1) is 22.9 Å². The van der Waals surface area contributed by atoms with Crippen molar-refractivity contribution < 1.29 is 0 Å². The third-order valence-corrected chi connectivity index (χ3v) is 4.78. The third-order valence-electron chi connectivity index (χ3n) is 3.53. The normalized spacial score (nSPS) is 18.5. The first-order chi connectivity index (χ1) is 8.24. The number of likely N-dealkylation sites (tertiary alicyclic amines) is 1. The molecule has 2 rings (SSSR count). The molecule has 0 amide bonds. The van der Waals surface area contributed by atoms with Crippen molar-refractivity contribution in [3.05, 3.63) is 11.1 Å². The van der Waals surface area contributed by atoms with Gasteiger partial charge in [0.2, 0.25) is 0 Å². The summed E-state index contributed by atoms with van der Waals surface area (Å²) in [6.45, 7) is 5.82. The minimum Gasteiger partial charge on any atom is -0.348 e. The van der Waals surface area contributed by atoms with Gasteiger partial charge in [0.25, 0.3) is 0 Å². The Morgan fingerprint density at radius 3 is 2.76 bits per heavy atom. The fraction of sp³-hybridized carbons (Fsp3) is 0.750. The lowest BCUT2D eigenvalue weighted by Crippen LogP contribution is -2.43. The van der Waals surface area contributed by atoms with Crippen molar-refractivity contribution in [2.75, 3.05) is 31.6 Å². The van der Waals surface area contributed by atoms with Crippen molar-refractivity contribution in [3.63, 3.8) is 0 Å². The van der Waals surface area contributed by atoms with Gasteiger partial charge in [-0.25, -0.2) is 4.98 Å². The lowest BCUT2D eigenvalue weighted by molar-refractivity contribution is 0.221. The van der Waals surface area contributed by atoms with E-state index in [2.05, 4.69) is 34.1 Å². The van der Waals surface area contributed by atoms with Crippen molar-refractivity contribution in [1.82, 2.24) is 9.88 Å². The summed E-state index contributed by atoms with van der Waals surface area (Å²) in [6, 6.07) is 0.632. The number of nitrogens with zero attached hydrogens (tertiary/aromatic N) is 3. The van der Waals surface area contributed by atoms with Crippen LogP contribution in [-0.2, 0) is 5.88 Å². The number of aromatic nitrogens is 1. The van der Waals surface area contributed by atoms with Crippen molar-refractivity contribution >= 4 is 28.1 Å². The van der Waals surface area contributed by atoms with Crippen LogP contribution in [-0.4, -0.2) is 42.6 Å². The van der Waals surface area contributed by atoms with Crippen molar-refractivity contribution in [1.29, 1.82) is 0 Å². The fourth-order valence-electron chi connectivity index (χ4n) is 2.30. The Balaban J connectivity index is 1.94. The van der Waals surface area contributed by atoms with Crippen LogP contribution in [0.3, 0.4) is 0 Å². The minimum atomic E-state index is 0.513. The van der Waals surface area contributed by atoms with Crippen molar-refractivity contribution in [2.45, 2.75) is 31.7 Å². The van der Waals surface area contributed by atoms with Gasteiger partial charge < -0.3 is 9.80 Å². The second-order valence-corrected chi connectivity index (χ2v) is 5.64. The molecule has 0 aliphatic carbocycles. The number of halogens is 1. The lowest BCUT2D eigenvalue weighted by atomic mass is 10.0. The Bertz CT molecular complexity index is 347. The van der Waals surface area contributed by atoms with Gasteiger partial charge in [0.05, 0.1) is 11.6 Å². The summed E-state index contributed by atoms with van der Waals surface area (Å²) in [5.41, 5.74) is 0.990. The van der Waals surface area contributed by atoms with Gasteiger partial charge in [-0.1, -0.05) is 6.92 Å². The van der Waals surface area contributed by atoms with E-state index in [-0.39, 0.29) is 0 Å². The number of hydrogen-bond acceptors (Lipinski definition) is 4. The van der Waals surface area contributed by atoms with E-state index in [1.807, 2.05) is 0 Å². The maximum atomic E-state index is 5.79. The average molecular weight is 274 g/mol. The van der Waals surface area contributed by atoms with Crippen LogP contribution in [0.2, 0.25) is 0 Å². The van der Waals surface area contributed by atoms with Crippen LogP contribution in [0.25, 0.3) is 0 Å². The maximum absolute atomic E-state index is 5.79. The molecule has 96 valence electrons. The van der Waals surface area contributed by atoms with E-state index in [0.717, 1.165) is 10.8 Å². The Hall–Kier alpha value is -0.320. The highest BCUT2D eigenvalue weighted by atomic mass is 35.5. The summed E-state index contributed by atoms with van der Waals surface area (Å²) in [5.74, 6) is 0.513. The Labute approximate surface area is 112 Å². The smallest absolute Gasteiger partial charge is 0.185 e. The first-order valence-corrected chi connectivity index (χ1v) is 7.61. The summed E-state index contributed by atoms with van der Waals surface area (Å²) in [4.78, 5) is 9.38. The van der Waals surface area contributed by atoms with Crippen LogP contribution >= 0.6 is 22.9 Å². The molecule has 0 atom stereocenters. The molecule has 1 saturated heterocycles. The lowest BCUT2D eigenvalue weighted by Gasteiger charge is -2.36. The first kappa shape index (κ1) is 13.1. The summed E-state index contributed by atoms with van der Waals surface area (Å²) in [7, 11) is 2.16. The number of piperidine rings is 1. The molecule has 17 heavy (non-hydrogen) atoms. The zero-order valence-corrected chi connectivity index (χ0v) is 12.1. The predicted molar refractivity (Wildman–Crippen MR) is 75.2 cm³/mol. The highest BCUT2D eigenvalue weighted by Crippen LogP contribution is 2.25. The van der Waals surface area contributed by atoms with E-state index < -0.39 is 0 Å². The van der Waals surface area contributed by atoms with Gasteiger partial charge >= 0.3 is 0 Å². The number of rotatable bonds is 4. The fourth-order valence-corrected chi connectivity index (χ4v) is 3.39. The molecule has 1 aliphatic heterocycles. The topological polar surface area (TPSA) is 19.4 Å². The molecule has 2 heterocycles. The Kier molecular flexibility index (Phi) is 4.65. The summed E-state index contributed by atoms with van der Waals surface area (Å²) in [6.07, 6.45) is 2.47. The molecule has 0 radical (unpaired) electrons. The SMILES string of the molecule is CCN1CCC(N(C)c2nc(CCl)cs2)CC1. The van der Waals surface area contributed by atoms with E-state index in [9.17, 15) is 0 Å². The quantitative estimate of drug-likeness (QED) is 0.787. The van der Waals surface area contributed by atoms with Gasteiger partial charge in [0, 0.05) is 31.6 Å². The van der Waals surface area contributed by atoms with Crippen LogP contribution in [0.15, 0.2) is 5.38 Å². The molecule has 0 aromatic carbocycles. The van der Waals surface area contributed by atoms with Gasteiger partial charge in [-0.3, -0.25) is 0 Å². The van der Waals surface area contributed by atoms with Gasteiger partial charge in [0.15, 0.2) is 5.13 Å². The van der Waals surface area contributed by atoms with E-state index in [0.29, 0.717) is 11.9 Å². The van der Waals surface area contributed by atoms with Crippen LogP contribution in [0, 0.1) is 0 Å². The molecule has 1 fully saturated rings. The van der Waals surface area contributed by atoms with Gasteiger partial charge in [-0.2, -0.15) is 0 Å². The molecule has 3 nitrogen and oxygen atoms in total. The minimum absolute atomic E-state index is 0.513. The van der Waals surface area contributed by atoms with Gasteiger partial charge in [-0.05, 0) is 19.4 Å². The molecule has 0 saturated carbocycles. The van der Waals surface area contributed by atoms with Crippen LogP contribution in [0.5, 0.6) is 0 Å². The van der Waals surface area contributed by atoms with Crippen LogP contribution < -0.4 is 4.90 Å². The van der Waals surface area contributed by atoms with Gasteiger partial charge in [0.1, 0.15) is 0 Å². The standard InChI is InChI=1S/C12H20ClN3S/c1-3-16-6-4-11(5-7-16)15(2)12-14-10(8-13)9-17-12/h9,11H,3-8H2,1-2H3. The number of anilines is 1. The molecule has 0 bridgehead atoms. The van der Waals surface area contributed by atoms with Crippen LogP contribution in [0.1, 0.15) is 25.5 Å². The predicted octanol–water partition coefficient (Wildman–Crippen LogP) is 2.80. The number of thiazole rings is 1. The highest BCUT2D eigenvalue weighted by molar-refractivity contribution is 7.13. The Morgan fingerprint density at radius 2 is 2.24 bits per heavy atom. The highest BCUT2D eigenvalue weighted by Gasteiger charge is 2.23. The van der Waals surface area contributed by atoms with E-state index in [4.69, 9.17) is 11.6 Å². The number of hydrogen-bond donors (Lipinski definition) is 0. The largest absolute Gasteiger partial charge is 0.348 e. The second kappa shape index (κ2) is 6.03. The zero-order chi connectivity index (χ0) is 12.3. The Morgan fingerprint density at radius 1 is 1.53 bits per heavy atom. The molecule has 0 unspecified atom stereocenters.